The molecule has 0 spiro atoms. The van der Waals surface area contributed by atoms with Gasteiger partial charge < -0.3 is 10.5 Å². The summed E-state index contributed by atoms with van der Waals surface area (Å²) in [5.41, 5.74) is 6.46. The van der Waals surface area contributed by atoms with Crippen LogP contribution in [0.15, 0.2) is 24.3 Å². The first-order valence-corrected chi connectivity index (χ1v) is 6.71. The van der Waals surface area contributed by atoms with Crippen LogP contribution in [0.25, 0.3) is 0 Å². The third-order valence-corrected chi connectivity index (χ3v) is 2.84. The maximum atomic E-state index is 5.73. The lowest BCUT2D eigenvalue weighted by atomic mass is 10.2. The van der Waals surface area contributed by atoms with Crippen molar-refractivity contribution in [3.63, 3.8) is 0 Å². The second-order valence-corrected chi connectivity index (χ2v) is 5.40. The van der Waals surface area contributed by atoms with E-state index in [4.69, 9.17) is 10.5 Å². The van der Waals surface area contributed by atoms with E-state index < -0.39 is 0 Å². The fourth-order valence-electron chi connectivity index (χ4n) is 1.91. The topological polar surface area (TPSA) is 38.5 Å². The average Bonchev–Trinajstić information content (AvgIpc) is 2.27. The normalized spacial score (nSPS) is 11.5. The van der Waals surface area contributed by atoms with Gasteiger partial charge in [0.15, 0.2) is 0 Å². The molecule has 0 saturated heterocycles. The fraction of sp³-hybridized carbons (Fsp3) is 0.600. The van der Waals surface area contributed by atoms with Crippen LogP contribution in [-0.4, -0.2) is 30.6 Å². The van der Waals surface area contributed by atoms with Gasteiger partial charge in [0, 0.05) is 30.9 Å². The van der Waals surface area contributed by atoms with Crippen molar-refractivity contribution >= 4 is 5.69 Å². The van der Waals surface area contributed by atoms with Crippen LogP contribution in [0.2, 0.25) is 0 Å². The van der Waals surface area contributed by atoms with Crippen molar-refractivity contribution in [3.8, 4) is 5.75 Å². The van der Waals surface area contributed by atoms with Crippen molar-refractivity contribution in [3.05, 3.63) is 24.3 Å². The lowest BCUT2D eigenvalue weighted by molar-refractivity contribution is 0.160. The maximum Gasteiger partial charge on any atom is 0.121 e. The monoisotopic (exact) mass is 250 g/mol. The Balaban J connectivity index is 2.39. The predicted octanol–water partition coefficient (Wildman–Crippen LogP) is 3.01. The number of nitrogens with two attached hydrogens (primary N) is 1. The van der Waals surface area contributed by atoms with E-state index in [1.54, 1.807) is 0 Å². The number of anilines is 1. The number of hydrogen-bond acceptors (Lipinski definition) is 3. The minimum atomic E-state index is 0.553. The van der Waals surface area contributed by atoms with Crippen LogP contribution in [0.5, 0.6) is 5.75 Å². The van der Waals surface area contributed by atoms with Gasteiger partial charge in [-0.2, -0.15) is 0 Å². The lowest BCUT2D eigenvalue weighted by Crippen LogP contribution is -2.37. The highest BCUT2D eigenvalue weighted by molar-refractivity contribution is 5.43. The summed E-state index contributed by atoms with van der Waals surface area (Å²) < 4.78 is 5.73. The highest BCUT2D eigenvalue weighted by Crippen LogP contribution is 2.14. The molecule has 1 aromatic rings. The van der Waals surface area contributed by atoms with E-state index in [0.29, 0.717) is 18.6 Å². The van der Waals surface area contributed by atoms with Crippen LogP contribution in [0, 0.1) is 5.92 Å². The quantitative estimate of drug-likeness (QED) is 0.756. The number of hydrogen-bond donors (Lipinski definition) is 1. The Morgan fingerprint density at radius 1 is 1.22 bits per heavy atom. The molecule has 0 saturated carbocycles. The molecule has 0 amide bonds. The van der Waals surface area contributed by atoms with Gasteiger partial charge in [-0.25, -0.2) is 0 Å². The molecule has 102 valence electrons. The SMILES string of the molecule is CC(C)CN(CCOc1cccc(N)c1)C(C)C. The Bertz CT molecular complexity index is 350. The van der Waals surface area contributed by atoms with Crippen LogP contribution in [-0.2, 0) is 0 Å². The van der Waals surface area contributed by atoms with E-state index in [1.807, 2.05) is 24.3 Å². The van der Waals surface area contributed by atoms with Gasteiger partial charge in [0.1, 0.15) is 12.4 Å². The number of nitrogen functional groups attached to an aromatic ring is 1. The number of rotatable bonds is 7. The second-order valence-electron chi connectivity index (χ2n) is 5.40. The highest BCUT2D eigenvalue weighted by Gasteiger charge is 2.10. The van der Waals surface area contributed by atoms with E-state index in [0.717, 1.165) is 24.5 Å². The number of ether oxygens (including phenoxy) is 1. The zero-order chi connectivity index (χ0) is 13.5. The molecule has 1 rings (SSSR count). The minimum Gasteiger partial charge on any atom is -0.492 e. The fourth-order valence-corrected chi connectivity index (χ4v) is 1.91. The summed E-state index contributed by atoms with van der Waals surface area (Å²) in [6, 6.07) is 8.14. The van der Waals surface area contributed by atoms with E-state index in [9.17, 15) is 0 Å². The van der Waals surface area contributed by atoms with E-state index in [1.165, 1.54) is 0 Å². The molecule has 0 aromatic heterocycles. The van der Waals surface area contributed by atoms with Crippen LogP contribution in [0.1, 0.15) is 27.7 Å². The Morgan fingerprint density at radius 2 is 1.94 bits per heavy atom. The molecule has 0 aliphatic heterocycles. The molecule has 2 N–H and O–H groups in total. The molecular formula is C15H26N2O. The van der Waals surface area contributed by atoms with Gasteiger partial charge in [-0.05, 0) is 31.9 Å². The van der Waals surface area contributed by atoms with Gasteiger partial charge in [0.05, 0.1) is 0 Å². The molecule has 0 bridgehead atoms. The van der Waals surface area contributed by atoms with Gasteiger partial charge >= 0.3 is 0 Å². The van der Waals surface area contributed by atoms with Crippen molar-refractivity contribution in [2.75, 3.05) is 25.4 Å². The summed E-state index contributed by atoms with van der Waals surface area (Å²) in [7, 11) is 0. The summed E-state index contributed by atoms with van der Waals surface area (Å²) in [6.45, 7) is 11.7. The molecule has 3 nitrogen and oxygen atoms in total. The molecule has 0 atom stereocenters. The maximum absolute atomic E-state index is 5.73. The molecular weight excluding hydrogens is 224 g/mol. The van der Waals surface area contributed by atoms with Crippen LogP contribution in [0.3, 0.4) is 0 Å². The van der Waals surface area contributed by atoms with Gasteiger partial charge in [-0.3, -0.25) is 4.90 Å². The van der Waals surface area contributed by atoms with E-state index in [-0.39, 0.29) is 0 Å². The van der Waals surface area contributed by atoms with Crippen molar-refractivity contribution in [1.29, 1.82) is 0 Å². The molecule has 3 heteroatoms. The lowest BCUT2D eigenvalue weighted by Gasteiger charge is -2.28. The first kappa shape index (κ1) is 14.8. The zero-order valence-corrected chi connectivity index (χ0v) is 12.0. The van der Waals surface area contributed by atoms with E-state index in [2.05, 4.69) is 32.6 Å². The predicted molar refractivity (Wildman–Crippen MR) is 77.9 cm³/mol. The molecule has 0 fully saturated rings. The summed E-state index contributed by atoms with van der Waals surface area (Å²) in [5.74, 6) is 1.53. The average molecular weight is 250 g/mol. The molecule has 0 radical (unpaired) electrons. The highest BCUT2D eigenvalue weighted by atomic mass is 16.5. The van der Waals surface area contributed by atoms with Crippen molar-refractivity contribution < 1.29 is 4.74 Å². The molecule has 0 heterocycles. The number of benzene rings is 1. The van der Waals surface area contributed by atoms with Crippen LogP contribution < -0.4 is 10.5 Å². The standard InChI is InChI=1S/C15H26N2O/c1-12(2)11-17(13(3)4)8-9-18-15-7-5-6-14(16)10-15/h5-7,10,12-13H,8-9,11,16H2,1-4H3. The molecule has 0 unspecified atom stereocenters. The van der Waals surface area contributed by atoms with Gasteiger partial charge in [0.25, 0.3) is 0 Å². The van der Waals surface area contributed by atoms with Crippen LogP contribution in [0.4, 0.5) is 5.69 Å². The molecule has 0 aliphatic carbocycles. The molecule has 0 aliphatic rings. The third-order valence-electron chi connectivity index (χ3n) is 2.84. The molecule has 18 heavy (non-hydrogen) atoms. The minimum absolute atomic E-state index is 0.553. The van der Waals surface area contributed by atoms with Crippen molar-refractivity contribution in [1.82, 2.24) is 4.90 Å². The number of nitrogens with zero attached hydrogens (tertiary/aromatic N) is 1. The van der Waals surface area contributed by atoms with Gasteiger partial charge in [0.2, 0.25) is 0 Å². The second kappa shape index (κ2) is 7.27. The summed E-state index contributed by atoms with van der Waals surface area (Å²) in [6.07, 6.45) is 0. The summed E-state index contributed by atoms with van der Waals surface area (Å²) in [4.78, 5) is 2.44. The first-order chi connectivity index (χ1) is 8.49. The third kappa shape index (κ3) is 5.41. The Kier molecular flexibility index (Phi) is 5.99. The zero-order valence-electron chi connectivity index (χ0n) is 12.0. The van der Waals surface area contributed by atoms with Gasteiger partial charge in [-0.15, -0.1) is 0 Å². The Labute approximate surface area is 111 Å². The van der Waals surface area contributed by atoms with Crippen LogP contribution >= 0.6 is 0 Å². The summed E-state index contributed by atoms with van der Waals surface area (Å²) >= 11 is 0. The van der Waals surface area contributed by atoms with Gasteiger partial charge in [-0.1, -0.05) is 19.9 Å². The first-order valence-electron chi connectivity index (χ1n) is 6.71. The molecule has 1 aromatic carbocycles. The van der Waals surface area contributed by atoms with E-state index >= 15 is 0 Å². The largest absolute Gasteiger partial charge is 0.492 e. The summed E-state index contributed by atoms with van der Waals surface area (Å²) in [5, 5.41) is 0. The smallest absolute Gasteiger partial charge is 0.121 e. The van der Waals surface area contributed by atoms with Crippen molar-refractivity contribution in [2.45, 2.75) is 33.7 Å². The Hall–Kier alpha value is -1.22. The Morgan fingerprint density at radius 3 is 2.50 bits per heavy atom. The van der Waals surface area contributed by atoms with Crippen molar-refractivity contribution in [2.24, 2.45) is 5.92 Å².